The molecule has 1 aliphatic rings. The lowest BCUT2D eigenvalue weighted by molar-refractivity contribution is -0.113. The maximum Gasteiger partial charge on any atom is 0.341 e. The fraction of sp³-hybridized carbons (Fsp3) is 0.364. The van der Waals surface area contributed by atoms with Crippen molar-refractivity contribution in [2.24, 2.45) is 7.05 Å². The third kappa shape index (κ3) is 4.87. The molecule has 0 spiro atoms. The average Bonchev–Trinajstić information content (AvgIpc) is 3.47. The van der Waals surface area contributed by atoms with Crippen molar-refractivity contribution >= 4 is 51.6 Å². The van der Waals surface area contributed by atoms with Crippen LogP contribution in [0, 0.1) is 0 Å². The number of aromatic nitrogens is 3. The Kier molecular flexibility index (Phi) is 7.26. The molecule has 0 bridgehead atoms. The third-order valence-electron chi connectivity index (χ3n) is 5.22. The summed E-state index contributed by atoms with van der Waals surface area (Å²) in [6.07, 6.45) is 2.77. The van der Waals surface area contributed by atoms with E-state index in [4.69, 9.17) is 21.1 Å². The lowest BCUT2D eigenvalue weighted by atomic mass is 10.1. The van der Waals surface area contributed by atoms with Crippen molar-refractivity contribution in [3.63, 3.8) is 0 Å². The number of rotatable bonds is 8. The molecule has 4 rings (SSSR count). The van der Waals surface area contributed by atoms with Crippen molar-refractivity contribution < 1.29 is 19.1 Å². The summed E-state index contributed by atoms with van der Waals surface area (Å²) in [5, 5.41) is 13.1. The summed E-state index contributed by atoms with van der Waals surface area (Å²) >= 11 is 8.86. The molecule has 0 unspecified atom stereocenters. The second kappa shape index (κ2) is 10.1. The van der Waals surface area contributed by atoms with E-state index in [2.05, 4.69) is 15.5 Å². The van der Waals surface area contributed by atoms with E-state index < -0.39 is 0 Å². The van der Waals surface area contributed by atoms with Gasteiger partial charge in [0.2, 0.25) is 5.91 Å². The predicted molar refractivity (Wildman–Crippen MR) is 130 cm³/mol. The number of nitrogens with one attached hydrogen (secondary N) is 1. The fourth-order valence-electron chi connectivity index (χ4n) is 3.73. The Balaban J connectivity index is 1.47. The van der Waals surface area contributed by atoms with Crippen molar-refractivity contribution in [3.05, 3.63) is 39.2 Å². The Labute approximate surface area is 204 Å². The Hall–Kier alpha value is -2.56. The molecule has 1 aliphatic carbocycles. The van der Waals surface area contributed by atoms with Crippen LogP contribution in [0.5, 0.6) is 5.75 Å². The number of aryl methyl sites for hydroxylation is 1. The summed E-state index contributed by atoms with van der Waals surface area (Å²) in [5.41, 5.74) is 2.22. The van der Waals surface area contributed by atoms with Crippen LogP contribution in [-0.2, 0) is 29.4 Å². The highest BCUT2D eigenvalue weighted by atomic mass is 35.5. The van der Waals surface area contributed by atoms with Crippen molar-refractivity contribution in [2.75, 3.05) is 24.8 Å². The van der Waals surface area contributed by atoms with E-state index in [1.807, 2.05) is 7.05 Å². The Bertz CT molecular complexity index is 1210. The molecule has 1 N–H and O–H groups in total. The number of nitrogens with zero attached hydrogens (tertiary/aromatic N) is 3. The van der Waals surface area contributed by atoms with Gasteiger partial charge in [0, 0.05) is 16.9 Å². The molecule has 11 heteroatoms. The standard InChI is InChI=1S/C22H23ClN4O4S2/c1-4-31-21(29)18-13-6-5-7-16(13)33-20(18)24-17(28)11-32-22-26-25-19(27(22)2)14-10-12(23)8-9-15(14)30-3/h8-10H,4-7,11H2,1-3H3,(H,24,28). The highest BCUT2D eigenvalue weighted by Crippen LogP contribution is 2.39. The Morgan fingerprint density at radius 2 is 2.12 bits per heavy atom. The van der Waals surface area contributed by atoms with Gasteiger partial charge < -0.3 is 19.4 Å². The number of methoxy groups -OCH3 is 1. The van der Waals surface area contributed by atoms with Gasteiger partial charge in [-0.3, -0.25) is 4.79 Å². The molecule has 33 heavy (non-hydrogen) atoms. The maximum absolute atomic E-state index is 12.7. The lowest BCUT2D eigenvalue weighted by Crippen LogP contribution is -2.17. The van der Waals surface area contributed by atoms with E-state index in [1.54, 1.807) is 36.8 Å². The highest BCUT2D eigenvalue weighted by Gasteiger charge is 2.28. The third-order valence-corrected chi connectivity index (χ3v) is 7.69. The number of hydrogen-bond acceptors (Lipinski definition) is 8. The van der Waals surface area contributed by atoms with Crippen LogP contribution in [0.1, 0.15) is 34.1 Å². The molecule has 1 aromatic carbocycles. The van der Waals surface area contributed by atoms with Crippen LogP contribution in [0.2, 0.25) is 5.02 Å². The summed E-state index contributed by atoms with van der Waals surface area (Å²) in [6, 6.07) is 5.27. The van der Waals surface area contributed by atoms with Gasteiger partial charge in [0.05, 0.1) is 30.6 Å². The van der Waals surface area contributed by atoms with Crippen LogP contribution in [0.25, 0.3) is 11.4 Å². The summed E-state index contributed by atoms with van der Waals surface area (Å²) in [5.74, 6) is 0.713. The first-order valence-electron chi connectivity index (χ1n) is 10.4. The van der Waals surface area contributed by atoms with E-state index in [-0.39, 0.29) is 17.6 Å². The minimum atomic E-state index is -0.381. The van der Waals surface area contributed by atoms with Gasteiger partial charge in [-0.15, -0.1) is 21.5 Å². The molecule has 0 radical (unpaired) electrons. The fourth-order valence-corrected chi connectivity index (χ4v) is 5.91. The van der Waals surface area contributed by atoms with E-state index >= 15 is 0 Å². The molecule has 174 valence electrons. The number of benzene rings is 1. The van der Waals surface area contributed by atoms with Crippen LogP contribution in [0.15, 0.2) is 23.4 Å². The minimum absolute atomic E-state index is 0.115. The maximum atomic E-state index is 12.7. The topological polar surface area (TPSA) is 95.3 Å². The van der Waals surface area contributed by atoms with Crippen LogP contribution in [0.3, 0.4) is 0 Å². The van der Waals surface area contributed by atoms with Crippen molar-refractivity contribution in [3.8, 4) is 17.1 Å². The summed E-state index contributed by atoms with van der Waals surface area (Å²) < 4.78 is 12.4. The van der Waals surface area contributed by atoms with Crippen molar-refractivity contribution in [1.82, 2.24) is 14.8 Å². The van der Waals surface area contributed by atoms with E-state index in [1.165, 1.54) is 23.1 Å². The second-order valence-corrected chi connectivity index (χ2v) is 9.81. The largest absolute Gasteiger partial charge is 0.496 e. The predicted octanol–water partition coefficient (Wildman–Crippen LogP) is 4.60. The van der Waals surface area contributed by atoms with Crippen molar-refractivity contribution in [1.29, 1.82) is 0 Å². The number of amides is 1. The normalized spacial score (nSPS) is 12.5. The molecule has 2 heterocycles. The van der Waals surface area contributed by atoms with Gasteiger partial charge in [0.15, 0.2) is 11.0 Å². The smallest absolute Gasteiger partial charge is 0.341 e. The van der Waals surface area contributed by atoms with E-state index in [9.17, 15) is 9.59 Å². The number of fused-ring (bicyclic) bond motifs is 1. The number of thioether (sulfide) groups is 1. The first kappa shape index (κ1) is 23.6. The van der Waals surface area contributed by atoms with Gasteiger partial charge >= 0.3 is 5.97 Å². The molecule has 0 fully saturated rings. The molecule has 8 nitrogen and oxygen atoms in total. The quantitative estimate of drug-likeness (QED) is 0.352. The second-order valence-electron chi connectivity index (χ2n) is 7.33. The number of anilines is 1. The number of carbonyl (C=O) groups excluding carboxylic acids is 2. The molecular weight excluding hydrogens is 484 g/mol. The molecule has 2 aromatic heterocycles. The number of ether oxygens (including phenoxy) is 2. The summed E-state index contributed by atoms with van der Waals surface area (Å²) in [7, 11) is 3.40. The zero-order valence-corrected chi connectivity index (χ0v) is 20.8. The first-order chi connectivity index (χ1) is 15.9. The first-order valence-corrected chi connectivity index (χ1v) is 12.6. The number of halogens is 1. The number of carbonyl (C=O) groups is 2. The van der Waals surface area contributed by atoms with Crippen LogP contribution in [-0.4, -0.2) is 46.1 Å². The van der Waals surface area contributed by atoms with Crippen molar-refractivity contribution in [2.45, 2.75) is 31.3 Å². The van der Waals surface area contributed by atoms with Gasteiger partial charge in [-0.1, -0.05) is 23.4 Å². The lowest BCUT2D eigenvalue weighted by Gasteiger charge is -2.09. The number of thiophene rings is 1. The molecule has 0 saturated heterocycles. The zero-order valence-electron chi connectivity index (χ0n) is 18.4. The van der Waals surface area contributed by atoms with Crippen LogP contribution >= 0.6 is 34.7 Å². The summed E-state index contributed by atoms with van der Waals surface area (Å²) in [4.78, 5) is 26.3. The van der Waals surface area contributed by atoms with Gasteiger partial charge in [-0.25, -0.2) is 4.79 Å². The SMILES string of the molecule is CCOC(=O)c1c(NC(=O)CSc2nnc(-c3cc(Cl)ccc3OC)n2C)sc2c1CCC2. The number of esters is 1. The minimum Gasteiger partial charge on any atom is -0.496 e. The van der Waals surface area contributed by atoms with Gasteiger partial charge in [-0.05, 0) is 49.9 Å². The highest BCUT2D eigenvalue weighted by molar-refractivity contribution is 7.99. The van der Waals surface area contributed by atoms with Gasteiger partial charge in [-0.2, -0.15) is 0 Å². The van der Waals surface area contributed by atoms with Crippen LogP contribution in [0.4, 0.5) is 5.00 Å². The van der Waals surface area contributed by atoms with Crippen LogP contribution < -0.4 is 10.1 Å². The average molecular weight is 507 g/mol. The van der Waals surface area contributed by atoms with Gasteiger partial charge in [0.1, 0.15) is 10.8 Å². The Morgan fingerprint density at radius 3 is 2.88 bits per heavy atom. The van der Waals surface area contributed by atoms with E-state index in [0.717, 1.165) is 29.7 Å². The molecule has 1 amide bonds. The van der Waals surface area contributed by atoms with E-state index in [0.29, 0.717) is 44.5 Å². The monoisotopic (exact) mass is 506 g/mol. The number of hydrogen-bond donors (Lipinski definition) is 1. The zero-order chi connectivity index (χ0) is 23.5. The summed E-state index contributed by atoms with van der Waals surface area (Å²) in [6.45, 7) is 2.06. The molecule has 0 aliphatic heterocycles. The molecule has 0 saturated carbocycles. The van der Waals surface area contributed by atoms with Gasteiger partial charge in [0.25, 0.3) is 0 Å². The Morgan fingerprint density at radius 1 is 1.30 bits per heavy atom. The molecule has 0 atom stereocenters. The molecule has 3 aromatic rings. The molecular formula is C22H23ClN4O4S2.